The lowest BCUT2D eigenvalue weighted by molar-refractivity contribution is 0.252. The van der Waals surface area contributed by atoms with E-state index in [4.69, 9.17) is 0 Å². The van der Waals surface area contributed by atoms with Crippen LogP contribution in [-0.2, 0) is 0 Å². The average molecular weight is 313 g/mol. The van der Waals surface area contributed by atoms with Crippen molar-refractivity contribution in [2.75, 3.05) is 5.32 Å². The highest BCUT2D eigenvalue weighted by atomic mass is 32.2. The second-order valence-electron chi connectivity index (χ2n) is 5.91. The summed E-state index contributed by atoms with van der Waals surface area (Å²) in [4.78, 5) is 0.624. The van der Waals surface area contributed by atoms with Crippen molar-refractivity contribution < 1.29 is 8.78 Å². The highest BCUT2D eigenvalue weighted by Crippen LogP contribution is 2.29. The largest absolute Gasteiger partial charge is 0.382 e. The molecule has 0 saturated heterocycles. The Labute approximate surface area is 130 Å². The first-order valence-electron chi connectivity index (χ1n) is 7.98. The molecular formula is C17H25F2NS. The van der Waals surface area contributed by atoms with Crippen molar-refractivity contribution in [3.05, 3.63) is 24.3 Å². The quantitative estimate of drug-likeness (QED) is 0.498. The average Bonchev–Trinajstić information content (AvgIpc) is 2.67. The summed E-state index contributed by atoms with van der Waals surface area (Å²) >= 11 is 0.601. The molecule has 0 amide bonds. The SMILES string of the molecule is CCCC1CCCC(Nc2ccc(SC(F)F)cc2)CC1. The Morgan fingerprint density at radius 1 is 1.14 bits per heavy atom. The summed E-state index contributed by atoms with van der Waals surface area (Å²) in [7, 11) is 0. The van der Waals surface area contributed by atoms with Crippen molar-refractivity contribution in [2.24, 2.45) is 5.92 Å². The van der Waals surface area contributed by atoms with Crippen molar-refractivity contribution >= 4 is 17.4 Å². The molecule has 1 aromatic rings. The third kappa shape index (κ3) is 5.85. The van der Waals surface area contributed by atoms with Crippen molar-refractivity contribution in [1.82, 2.24) is 0 Å². The van der Waals surface area contributed by atoms with Crippen LogP contribution < -0.4 is 5.32 Å². The number of alkyl halides is 2. The molecule has 0 bridgehead atoms. The van der Waals surface area contributed by atoms with Gasteiger partial charge in [-0.15, -0.1) is 0 Å². The zero-order valence-corrected chi connectivity index (χ0v) is 13.5. The molecule has 2 atom stereocenters. The van der Waals surface area contributed by atoms with Crippen LogP contribution in [0.1, 0.15) is 51.9 Å². The number of hydrogen-bond acceptors (Lipinski definition) is 2. The van der Waals surface area contributed by atoms with Crippen LogP contribution in [0.3, 0.4) is 0 Å². The molecule has 2 unspecified atom stereocenters. The van der Waals surface area contributed by atoms with E-state index in [9.17, 15) is 8.78 Å². The molecule has 1 fully saturated rings. The van der Waals surface area contributed by atoms with Crippen LogP contribution in [0.2, 0.25) is 0 Å². The van der Waals surface area contributed by atoms with Crippen LogP contribution in [0.5, 0.6) is 0 Å². The van der Waals surface area contributed by atoms with Crippen LogP contribution >= 0.6 is 11.8 Å². The highest BCUT2D eigenvalue weighted by molar-refractivity contribution is 7.99. The zero-order valence-electron chi connectivity index (χ0n) is 12.7. The van der Waals surface area contributed by atoms with Gasteiger partial charge in [-0.25, -0.2) is 0 Å². The summed E-state index contributed by atoms with van der Waals surface area (Å²) in [6.07, 6.45) is 9.03. The first-order chi connectivity index (χ1) is 10.2. The van der Waals surface area contributed by atoms with Gasteiger partial charge >= 0.3 is 0 Å². The molecule has 1 aliphatic carbocycles. The smallest absolute Gasteiger partial charge is 0.288 e. The molecule has 0 aromatic heterocycles. The summed E-state index contributed by atoms with van der Waals surface area (Å²) in [6.45, 7) is 2.26. The Kier molecular flexibility index (Phi) is 6.81. The monoisotopic (exact) mass is 313 g/mol. The fourth-order valence-corrected chi connectivity index (χ4v) is 3.69. The zero-order chi connectivity index (χ0) is 15.1. The molecule has 4 heteroatoms. The summed E-state index contributed by atoms with van der Waals surface area (Å²) in [5, 5.41) is 3.57. The van der Waals surface area contributed by atoms with Gasteiger partial charge in [-0.05, 0) is 49.4 Å². The minimum atomic E-state index is -2.35. The van der Waals surface area contributed by atoms with Crippen LogP contribution in [0, 0.1) is 5.92 Å². The predicted octanol–water partition coefficient (Wildman–Crippen LogP) is 6.16. The van der Waals surface area contributed by atoms with Gasteiger partial charge in [0.15, 0.2) is 0 Å². The minimum Gasteiger partial charge on any atom is -0.382 e. The van der Waals surface area contributed by atoms with Gasteiger partial charge in [-0.3, -0.25) is 0 Å². The number of rotatable bonds is 6. The van der Waals surface area contributed by atoms with E-state index >= 15 is 0 Å². The van der Waals surface area contributed by atoms with E-state index < -0.39 is 5.76 Å². The molecule has 0 aliphatic heterocycles. The lowest BCUT2D eigenvalue weighted by atomic mass is 9.95. The Bertz CT molecular complexity index is 408. The summed E-state index contributed by atoms with van der Waals surface area (Å²) in [5.41, 5.74) is 1.05. The maximum Gasteiger partial charge on any atom is 0.288 e. The van der Waals surface area contributed by atoms with Gasteiger partial charge in [0.2, 0.25) is 0 Å². The van der Waals surface area contributed by atoms with E-state index in [-0.39, 0.29) is 0 Å². The van der Waals surface area contributed by atoms with Crippen molar-refractivity contribution in [3.8, 4) is 0 Å². The Hall–Kier alpha value is -0.770. The normalized spacial score (nSPS) is 23.0. The van der Waals surface area contributed by atoms with Crippen molar-refractivity contribution in [2.45, 2.75) is 68.6 Å². The first-order valence-corrected chi connectivity index (χ1v) is 8.86. The standard InChI is InChI=1S/C17H25F2NS/c1-2-4-13-5-3-6-14(8-7-13)20-15-9-11-16(12-10-15)21-17(18)19/h9-14,17,20H,2-8H2,1H3. The van der Waals surface area contributed by atoms with Crippen LogP contribution in [0.4, 0.5) is 14.5 Å². The van der Waals surface area contributed by atoms with Crippen LogP contribution in [-0.4, -0.2) is 11.8 Å². The van der Waals surface area contributed by atoms with Gasteiger partial charge in [0.1, 0.15) is 0 Å². The van der Waals surface area contributed by atoms with Crippen molar-refractivity contribution in [1.29, 1.82) is 0 Å². The van der Waals surface area contributed by atoms with Gasteiger partial charge < -0.3 is 5.32 Å². The fourth-order valence-electron chi connectivity index (χ4n) is 3.19. The molecule has 1 aromatic carbocycles. The van der Waals surface area contributed by atoms with E-state index in [2.05, 4.69) is 12.2 Å². The lowest BCUT2D eigenvalue weighted by Gasteiger charge is -2.18. The van der Waals surface area contributed by atoms with Gasteiger partial charge in [-0.1, -0.05) is 44.4 Å². The van der Waals surface area contributed by atoms with Crippen LogP contribution in [0.25, 0.3) is 0 Å². The number of nitrogens with one attached hydrogen (secondary N) is 1. The van der Waals surface area contributed by atoms with Crippen LogP contribution in [0.15, 0.2) is 29.2 Å². The van der Waals surface area contributed by atoms with Gasteiger partial charge in [-0.2, -0.15) is 8.78 Å². The molecular weight excluding hydrogens is 288 g/mol. The maximum absolute atomic E-state index is 12.3. The molecule has 118 valence electrons. The second kappa shape index (κ2) is 8.62. The molecule has 1 saturated carbocycles. The number of thioether (sulfide) groups is 1. The summed E-state index contributed by atoms with van der Waals surface area (Å²) in [6, 6.07) is 7.91. The molecule has 21 heavy (non-hydrogen) atoms. The lowest BCUT2D eigenvalue weighted by Crippen LogP contribution is -2.18. The molecule has 1 N–H and O–H groups in total. The van der Waals surface area contributed by atoms with E-state index in [0.29, 0.717) is 22.7 Å². The maximum atomic E-state index is 12.3. The topological polar surface area (TPSA) is 12.0 Å². The van der Waals surface area contributed by atoms with E-state index in [1.54, 1.807) is 12.1 Å². The molecule has 2 rings (SSSR count). The number of halogens is 2. The highest BCUT2D eigenvalue weighted by Gasteiger charge is 2.18. The molecule has 1 aliphatic rings. The molecule has 0 heterocycles. The van der Waals surface area contributed by atoms with Gasteiger partial charge in [0, 0.05) is 16.6 Å². The van der Waals surface area contributed by atoms with Gasteiger partial charge in [0.25, 0.3) is 5.76 Å². The van der Waals surface area contributed by atoms with Gasteiger partial charge in [0.05, 0.1) is 0 Å². The van der Waals surface area contributed by atoms with Crippen molar-refractivity contribution in [3.63, 3.8) is 0 Å². The summed E-state index contributed by atoms with van der Waals surface area (Å²) < 4.78 is 24.6. The molecule has 0 radical (unpaired) electrons. The first kappa shape index (κ1) is 16.6. The Morgan fingerprint density at radius 3 is 2.57 bits per heavy atom. The predicted molar refractivity (Wildman–Crippen MR) is 87.2 cm³/mol. The number of benzene rings is 1. The number of hydrogen-bond donors (Lipinski definition) is 1. The third-order valence-electron chi connectivity index (χ3n) is 4.24. The fraction of sp³-hybridized carbons (Fsp3) is 0.647. The molecule has 1 nitrogen and oxygen atoms in total. The van der Waals surface area contributed by atoms with E-state index in [1.165, 1.54) is 44.9 Å². The molecule has 0 spiro atoms. The number of anilines is 1. The minimum absolute atomic E-state index is 0.528. The van der Waals surface area contributed by atoms with E-state index in [0.717, 1.165) is 11.6 Å². The third-order valence-corrected chi connectivity index (χ3v) is 4.96. The van der Waals surface area contributed by atoms with E-state index in [1.807, 2.05) is 12.1 Å². The Balaban J connectivity index is 1.83. The summed E-state index contributed by atoms with van der Waals surface area (Å²) in [5.74, 6) is -1.45. The second-order valence-corrected chi connectivity index (χ2v) is 6.97. The Morgan fingerprint density at radius 2 is 1.90 bits per heavy atom.